The minimum absolute atomic E-state index is 0.0996. The van der Waals surface area contributed by atoms with Gasteiger partial charge in [0, 0.05) is 5.56 Å². The molecule has 0 aliphatic rings. The predicted molar refractivity (Wildman–Crippen MR) is 68.4 cm³/mol. The van der Waals surface area contributed by atoms with Crippen LogP contribution < -0.4 is 0 Å². The Labute approximate surface area is 118 Å². The molecule has 0 saturated carbocycles. The van der Waals surface area contributed by atoms with E-state index < -0.39 is 39.6 Å². The Hall–Kier alpha value is -2.02. The van der Waals surface area contributed by atoms with Gasteiger partial charge in [-0.1, -0.05) is 11.6 Å². The summed E-state index contributed by atoms with van der Waals surface area (Å²) in [6.45, 7) is 2.94. The molecule has 1 aromatic carbocycles. The van der Waals surface area contributed by atoms with E-state index in [-0.39, 0.29) is 17.7 Å². The van der Waals surface area contributed by atoms with Gasteiger partial charge in [0.2, 0.25) is 5.82 Å². The zero-order chi connectivity index (χ0) is 15.4. The van der Waals surface area contributed by atoms with Gasteiger partial charge in [-0.25, -0.2) is 0 Å². The molecule has 0 bridgehead atoms. The average molecular weight is 304 g/mol. The molecule has 108 valence electrons. The maximum absolute atomic E-state index is 13.6. The van der Waals surface area contributed by atoms with E-state index in [2.05, 4.69) is 4.74 Å². The number of benzene rings is 1. The molecule has 0 aliphatic heterocycles. The number of ketones is 1. The van der Waals surface area contributed by atoms with E-state index in [0.29, 0.717) is 0 Å². The Kier molecular flexibility index (Phi) is 5.15. The molecule has 0 fully saturated rings. The number of esters is 1. The number of rotatable bonds is 5. The van der Waals surface area contributed by atoms with Crippen molar-refractivity contribution in [2.45, 2.75) is 20.3 Å². The highest BCUT2D eigenvalue weighted by Crippen LogP contribution is 2.33. The summed E-state index contributed by atoms with van der Waals surface area (Å²) in [7, 11) is 0. The quantitative estimate of drug-likeness (QED) is 0.274. The summed E-state index contributed by atoms with van der Waals surface area (Å²) in [6, 6.07) is 1.08. The molecule has 0 atom stereocenters. The minimum atomic E-state index is -1.10. The number of nitrogens with zero attached hydrogens (tertiary/aromatic N) is 1. The van der Waals surface area contributed by atoms with Crippen LogP contribution in [0.15, 0.2) is 6.07 Å². The number of ether oxygens (including phenoxy) is 1. The van der Waals surface area contributed by atoms with Gasteiger partial charge in [0.25, 0.3) is 0 Å². The summed E-state index contributed by atoms with van der Waals surface area (Å²) < 4.78 is 18.2. The molecule has 0 saturated heterocycles. The van der Waals surface area contributed by atoms with E-state index in [0.717, 1.165) is 6.07 Å². The number of aryl methyl sites for hydroxylation is 1. The molecule has 0 amide bonds. The van der Waals surface area contributed by atoms with Gasteiger partial charge in [-0.15, -0.1) is 0 Å². The third-order valence-electron chi connectivity index (χ3n) is 2.45. The highest BCUT2D eigenvalue weighted by atomic mass is 35.5. The van der Waals surface area contributed by atoms with Crippen LogP contribution >= 0.6 is 11.6 Å². The van der Waals surface area contributed by atoms with Crippen LogP contribution in [-0.4, -0.2) is 23.3 Å². The molecule has 0 heterocycles. The number of hydrogen-bond donors (Lipinski definition) is 0. The van der Waals surface area contributed by atoms with E-state index in [1.165, 1.54) is 6.92 Å². The van der Waals surface area contributed by atoms with Gasteiger partial charge in [-0.2, -0.15) is 4.39 Å². The third kappa shape index (κ3) is 3.30. The standard InChI is InChI=1S/C12H11ClFNO5/c1-3-20-9(17)5-8(16)7-4-6(2)11(14)12(10(7)13)15(18)19/h4H,3,5H2,1-2H3. The van der Waals surface area contributed by atoms with Crippen molar-refractivity contribution in [3.8, 4) is 0 Å². The van der Waals surface area contributed by atoms with Crippen LogP contribution in [0.25, 0.3) is 0 Å². The second-order valence-electron chi connectivity index (χ2n) is 3.88. The summed E-state index contributed by atoms with van der Waals surface area (Å²) in [5.41, 5.74) is -1.35. The summed E-state index contributed by atoms with van der Waals surface area (Å²) in [6.07, 6.45) is -0.615. The SMILES string of the molecule is CCOC(=O)CC(=O)c1cc(C)c(F)c([N+](=O)[O-])c1Cl. The molecule has 0 aliphatic carbocycles. The van der Waals surface area contributed by atoms with Crippen molar-refractivity contribution in [2.24, 2.45) is 0 Å². The fourth-order valence-electron chi connectivity index (χ4n) is 1.56. The Bertz CT molecular complexity index is 588. The van der Waals surface area contributed by atoms with Crippen LogP contribution in [0.2, 0.25) is 5.02 Å². The molecule has 0 radical (unpaired) electrons. The number of nitro benzene ring substituents is 1. The average Bonchev–Trinajstić information content (AvgIpc) is 2.33. The van der Waals surface area contributed by atoms with Gasteiger partial charge in [-0.05, 0) is 25.5 Å². The number of nitro groups is 1. The Balaban J connectivity index is 3.23. The Morgan fingerprint density at radius 2 is 2.10 bits per heavy atom. The third-order valence-corrected chi connectivity index (χ3v) is 2.84. The first-order chi connectivity index (χ1) is 9.29. The van der Waals surface area contributed by atoms with Crippen LogP contribution in [0.3, 0.4) is 0 Å². The number of carbonyl (C=O) groups is 2. The van der Waals surface area contributed by atoms with Crippen LogP contribution in [0.1, 0.15) is 29.3 Å². The lowest BCUT2D eigenvalue weighted by Crippen LogP contribution is -2.13. The lowest BCUT2D eigenvalue weighted by Gasteiger charge is -2.07. The molecule has 20 heavy (non-hydrogen) atoms. The second kappa shape index (κ2) is 6.42. The van der Waals surface area contributed by atoms with Crippen molar-refractivity contribution < 1.29 is 23.6 Å². The van der Waals surface area contributed by atoms with Crippen molar-refractivity contribution in [2.75, 3.05) is 6.61 Å². The fourth-order valence-corrected chi connectivity index (χ4v) is 1.87. The van der Waals surface area contributed by atoms with E-state index in [4.69, 9.17) is 11.6 Å². The molecular formula is C12H11ClFNO5. The minimum Gasteiger partial charge on any atom is -0.466 e. The van der Waals surface area contributed by atoms with Gasteiger partial charge in [0.15, 0.2) is 5.78 Å². The fraction of sp³-hybridized carbons (Fsp3) is 0.333. The number of carbonyl (C=O) groups excluding carboxylic acids is 2. The predicted octanol–water partition coefficient (Wildman–Crippen LogP) is 2.83. The Morgan fingerprint density at radius 3 is 2.60 bits per heavy atom. The lowest BCUT2D eigenvalue weighted by molar-refractivity contribution is -0.387. The normalized spacial score (nSPS) is 10.2. The zero-order valence-corrected chi connectivity index (χ0v) is 11.5. The number of hydrogen-bond acceptors (Lipinski definition) is 5. The highest BCUT2D eigenvalue weighted by molar-refractivity contribution is 6.36. The van der Waals surface area contributed by atoms with Crippen molar-refractivity contribution in [1.82, 2.24) is 0 Å². The molecule has 0 spiro atoms. The highest BCUT2D eigenvalue weighted by Gasteiger charge is 2.28. The first-order valence-electron chi connectivity index (χ1n) is 5.61. The van der Waals surface area contributed by atoms with Crippen molar-refractivity contribution in [1.29, 1.82) is 0 Å². The number of Topliss-reactive ketones (excluding diaryl/α,β-unsaturated/α-hetero) is 1. The van der Waals surface area contributed by atoms with E-state index in [9.17, 15) is 24.1 Å². The maximum atomic E-state index is 13.6. The van der Waals surface area contributed by atoms with Gasteiger partial charge < -0.3 is 4.74 Å². The molecule has 1 rings (SSSR count). The van der Waals surface area contributed by atoms with Crippen molar-refractivity contribution in [3.63, 3.8) is 0 Å². The van der Waals surface area contributed by atoms with E-state index in [1.807, 2.05) is 0 Å². The van der Waals surface area contributed by atoms with Gasteiger partial charge in [0.05, 0.1) is 11.5 Å². The van der Waals surface area contributed by atoms with Gasteiger partial charge >= 0.3 is 11.7 Å². The van der Waals surface area contributed by atoms with Crippen LogP contribution in [0.5, 0.6) is 0 Å². The molecule has 8 heteroatoms. The molecule has 0 unspecified atom stereocenters. The summed E-state index contributed by atoms with van der Waals surface area (Å²) >= 11 is 5.68. The lowest BCUT2D eigenvalue weighted by atomic mass is 10.0. The van der Waals surface area contributed by atoms with Crippen LogP contribution in [-0.2, 0) is 9.53 Å². The van der Waals surface area contributed by atoms with Gasteiger partial charge in [-0.3, -0.25) is 19.7 Å². The van der Waals surface area contributed by atoms with Gasteiger partial charge in [0.1, 0.15) is 11.4 Å². The first kappa shape index (κ1) is 16.0. The van der Waals surface area contributed by atoms with Crippen molar-refractivity contribution in [3.05, 3.63) is 38.1 Å². The topological polar surface area (TPSA) is 86.5 Å². The molecule has 0 N–H and O–H groups in total. The van der Waals surface area contributed by atoms with Crippen LogP contribution in [0, 0.1) is 22.9 Å². The first-order valence-corrected chi connectivity index (χ1v) is 5.99. The smallest absolute Gasteiger partial charge is 0.324 e. The monoisotopic (exact) mass is 303 g/mol. The summed E-state index contributed by atoms with van der Waals surface area (Å²) in [5.74, 6) is -2.65. The summed E-state index contributed by atoms with van der Waals surface area (Å²) in [4.78, 5) is 32.8. The largest absolute Gasteiger partial charge is 0.466 e. The molecular weight excluding hydrogens is 293 g/mol. The van der Waals surface area contributed by atoms with Crippen molar-refractivity contribution >= 4 is 29.0 Å². The van der Waals surface area contributed by atoms with E-state index >= 15 is 0 Å². The Morgan fingerprint density at radius 1 is 1.50 bits per heavy atom. The zero-order valence-electron chi connectivity index (χ0n) is 10.7. The summed E-state index contributed by atoms with van der Waals surface area (Å²) in [5, 5.41) is 10.2. The molecule has 6 nitrogen and oxygen atoms in total. The van der Waals surface area contributed by atoms with E-state index in [1.54, 1.807) is 6.92 Å². The molecule has 1 aromatic rings. The van der Waals surface area contributed by atoms with Crippen LogP contribution in [0.4, 0.5) is 10.1 Å². The maximum Gasteiger partial charge on any atom is 0.324 e. The molecule has 0 aromatic heterocycles. The number of halogens is 2. The second-order valence-corrected chi connectivity index (χ2v) is 4.26.